The van der Waals surface area contributed by atoms with Crippen LogP contribution < -0.4 is 0 Å². The molecule has 0 aliphatic carbocycles. The molecule has 2 aromatic heterocycles. The Bertz CT molecular complexity index is 1310. The molecule has 5 nitrogen and oxygen atoms in total. The van der Waals surface area contributed by atoms with Crippen LogP contribution in [-0.4, -0.2) is 22.7 Å². The molecule has 0 bridgehead atoms. The SMILES string of the molecule is CC(C)(C)[Si](C)(C)OCc1ccn2c(-c3cccc(-c4ccccc4C#N)c3)cnc2n1. The first-order valence-corrected chi connectivity index (χ1v) is 13.7. The summed E-state index contributed by atoms with van der Waals surface area (Å²) in [7, 11) is -1.84. The van der Waals surface area contributed by atoms with Crippen molar-refractivity contribution in [3.05, 3.63) is 78.2 Å². The van der Waals surface area contributed by atoms with Crippen molar-refractivity contribution in [2.24, 2.45) is 0 Å². The number of hydrogen-bond donors (Lipinski definition) is 0. The molecule has 4 aromatic rings. The lowest BCUT2D eigenvalue weighted by Crippen LogP contribution is -2.40. The third-order valence-corrected chi connectivity index (χ3v) is 10.8. The van der Waals surface area contributed by atoms with Gasteiger partial charge in [-0.15, -0.1) is 0 Å². The first kappa shape index (κ1) is 21.9. The van der Waals surface area contributed by atoms with E-state index in [1.165, 1.54) is 0 Å². The molecule has 0 N–H and O–H groups in total. The van der Waals surface area contributed by atoms with Gasteiger partial charge in [0.25, 0.3) is 0 Å². The summed E-state index contributed by atoms with van der Waals surface area (Å²) in [5.41, 5.74) is 5.46. The molecule has 0 radical (unpaired) electrons. The molecule has 0 unspecified atom stereocenters. The topological polar surface area (TPSA) is 63.2 Å². The molecule has 0 atom stereocenters. The van der Waals surface area contributed by atoms with E-state index in [0.29, 0.717) is 17.9 Å². The monoisotopic (exact) mass is 440 g/mol. The average molecular weight is 441 g/mol. The number of imidazole rings is 1. The number of nitriles is 1. The lowest BCUT2D eigenvalue weighted by atomic mass is 9.98. The second kappa shape index (κ2) is 8.34. The van der Waals surface area contributed by atoms with Crippen molar-refractivity contribution in [3.63, 3.8) is 0 Å². The Hall–Kier alpha value is -3.27. The van der Waals surface area contributed by atoms with E-state index in [1.54, 1.807) is 0 Å². The fourth-order valence-corrected chi connectivity index (χ4v) is 4.29. The van der Waals surface area contributed by atoms with Gasteiger partial charge in [-0.2, -0.15) is 5.26 Å². The highest BCUT2D eigenvalue weighted by Crippen LogP contribution is 2.37. The van der Waals surface area contributed by atoms with Crippen LogP contribution in [0.5, 0.6) is 0 Å². The van der Waals surface area contributed by atoms with Crippen LogP contribution in [0.4, 0.5) is 0 Å². The minimum atomic E-state index is -1.84. The summed E-state index contributed by atoms with van der Waals surface area (Å²) in [5.74, 6) is 0.652. The molecule has 0 amide bonds. The molecular weight excluding hydrogens is 412 g/mol. The van der Waals surface area contributed by atoms with Crippen LogP contribution in [0, 0.1) is 11.3 Å². The molecule has 0 saturated heterocycles. The Morgan fingerprint density at radius 2 is 1.78 bits per heavy atom. The lowest BCUT2D eigenvalue weighted by Gasteiger charge is -2.36. The van der Waals surface area contributed by atoms with Crippen LogP contribution in [0.25, 0.3) is 28.2 Å². The Morgan fingerprint density at radius 1 is 1.03 bits per heavy atom. The average Bonchev–Trinajstić information content (AvgIpc) is 3.20. The predicted molar refractivity (Wildman–Crippen MR) is 131 cm³/mol. The second-order valence-electron chi connectivity index (χ2n) is 9.52. The number of nitrogens with zero attached hydrogens (tertiary/aromatic N) is 4. The highest BCUT2D eigenvalue weighted by atomic mass is 28.4. The summed E-state index contributed by atoms with van der Waals surface area (Å²) < 4.78 is 8.31. The molecule has 2 aromatic carbocycles. The molecule has 162 valence electrons. The quantitative estimate of drug-likeness (QED) is 0.334. The third-order valence-electron chi connectivity index (χ3n) is 6.34. The maximum absolute atomic E-state index is 9.46. The molecule has 4 rings (SSSR count). The minimum Gasteiger partial charge on any atom is -0.411 e. The van der Waals surface area contributed by atoms with E-state index in [1.807, 2.05) is 59.3 Å². The molecule has 2 heterocycles. The fraction of sp³-hybridized carbons (Fsp3) is 0.269. The lowest BCUT2D eigenvalue weighted by molar-refractivity contribution is 0.272. The molecule has 0 aliphatic heterocycles. The van der Waals surface area contributed by atoms with E-state index < -0.39 is 8.32 Å². The first-order chi connectivity index (χ1) is 15.2. The standard InChI is InChI=1S/C26H28N4OSi/c1-26(2,3)32(4,5)31-18-22-13-14-30-24(17-28-25(30)29-22)20-11-8-10-19(15-20)23-12-7-6-9-21(23)16-27/h6-15,17H,18H2,1-5H3. The van der Waals surface area contributed by atoms with Gasteiger partial charge >= 0.3 is 0 Å². The van der Waals surface area contributed by atoms with Crippen LogP contribution in [-0.2, 0) is 11.0 Å². The van der Waals surface area contributed by atoms with E-state index >= 15 is 0 Å². The van der Waals surface area contributed by atoms with Crippen molar-refractivity contribution in [2.75, 3.05) is 0 Å². The molecule has 0 aliphatic rings. The van der Waals surface area contributed by atoms with Crippen molar-refractivity contribution >= 4 is 14.1 Å². The third kappa shape index (κ3) is 4.22. The van der Waals surface area contributed by atoms with Crippen LogP contribution in [0.2, 0.25) is 18.1 Å². The summed E-state index contributed by atoms with van der Waals surface area (Å²) in [6.07, 6.45) is 3.85. The largest absolute Gasteiger partial charge is 0.411 e. The first-order valence-electron chi connectivity index (χ1n) is 10.8. The van der Waals surface area contributed by atoms with Crippen LogP contribution >= 0.6 is 0 Å². The summed E-state index contributed by atoms with van der Waals surface area (Å²) in [4.78, 5) is 9.26. The van der Waals surface area contributed by atoms with Gasteiger partial charge in [-0.1, -0.05) is 57.2 Å². The zero-order valence-corrected chi connectivity index (χ0v) is 20.3. The van der Waals surface area contributed by atoms with Crippen molar-refractivity contribution in [2.45, 2.75) is 45.5 Å². The molecular formula is C26H28N4OSi. The molecule has 6 heteroatoms. The van der Waals surface area contributed by atoms with Crippen LogP contribution in [0.1, 0.15) is 32.0 Å². The molecule has 0 saturated carbocycles. The normalized spacial score (nSPS) is 12.1. The molecule has 0 spiro atoms. The number of benzene rings is 2. The van der Waals surface area contributed by atoms with Gasteiger partial charge in [-0.3, -0.25) is 4.40 Å². The summed E-state index contributed by atoms with van der Waals surface area (Å²) in [5, 5.41) is 9.62. The summed E-state index contributed by atoms with van der Waals surface area (Å²) in [6.45, 7) is 11.7. The second-order valence-corrected chi connectivity index (χ2v) is 14.3. The van der Waals surface area contributed by atoms with Gasteiger partial charge in [0.1, 0.15) is 0 Å². The van der Waals surface area contributed by atoms with Gasteiger partial charge in [0.05, 0.1) is 35.8 Å². The predicted octanol–water partition coefficient (Wildman–Crippen LogP) is 6.46. The van der Waals surface area contributed by atoms with Crippen molar-refractivity contribution in [1.29, 1.82) is 5.26 Å². The van der Waals surface area contributed by atoms with E-state index in [4.69, 9.17) is 9.41 Å². The van der Waals surface area contributed by atoms with E-state index in [9.17, 15) is 5.26 Å². The van der Waals surface area contributed by atoms with E-state index in [2.05, 4.69) is 57.1 Å². The highest BCUT2D eigenvalue weighted by Gasteiger charge is 2.37. The maximum atomic E-state index is 9.46. The molecule has 0 fully saturated rings. The number of aromatic nitrogens is 3. The van der Waals surface area contributed by atoms with Crippen LogP contribution in [0.3, 0.4) is 0 Å². The minimum absolute atomic E-state index is 0.159. The smallest absolute Gasteiger partial charge is 0.234 e. The van der Waals surface area contributed by atoms with Gasteiger partial charge in [-0.25, -0.2) is 9.97 Å². The van der Waals surface area contributed by atoms with Gasteiger partial charge in [0, 0.05) is 11.8 Å². The van der Waals surface area contributed by atoms with Crippen molar-refractivity contribution < 1.29 is 4.43 Å². The number of rotatable bonds is 5. The number of hydrogen-bond acceptors (Lipinski definition) is 4. The fourth-order valence-electron chi connectivity index (χ4n) is 3.35. The zero-order valence-electron chi connectivity index (χ0n) is 19.3. The number of fused-ring (bicyclic) bond motifs is 1. The Labute approximate surface area is 190 Å². The van der Waals surface area contributed by atoms with Crippen LogP contribution in [0.15, 0.2) is 67.0 Å². The Morgan fingerprint density at radius 3 is 2.53 bits per heavy atom. The van der Waals surface area contributed by atoms with Crippen molar-refractivity contribution in [3.8, 4) is 28.5 Å². The van der Waals surface area contributed by atoms with Gasteiger partial charge in [-0.05, 0) is 47.5 Å². The van der Waals surface area contributed by atoms with Gasteiger partial charge in [0.15, 0.2) is 8.32 Å². The van der Waals surface area contributed by atoms with Gasteiger partial charge in [0.2, 0.25) is 5.78 Å². The zero-order chi connectivity index (χ0) is 22.9. The highest BCUT2D eigenvalue weighted by molar-refractivity contribution is 6.74. The maximum Gasteiger partial charge on any atom is 0.234 e. The summed E-state index contributed by atoms with van der Waals surface area (Å²) >= 11 is 0. The van der Waals surface area contributed by atoms with Gasteiger partial charge < -0.3 is 4.43 Å². The van der Waals surface area contributed by atoms with E-state index in [-0.39, 0.29) is 5.04 Å². The molecule has 32 heavy (non-hydrogen) atoms. The summed E-state index contributed by atoms with van der Waals surface area (Å²) in [6, 6.07) is 20.1. The Balaban J connectivity index is 1.64. The van der Waals surface area contributed by atoms with E-state index in [0.717, 1.165) is 28.1 Å². The van der Waals surface area contributed by atoms with Crippen molar-refractivity contribution in [1.82, 2.24) is 14.4 Å². The Kier molecular flexibility index (Phi) is 5.72.